The van der Waals surface area contributed by atoms with Gasteiger partial charge in [-0.05, 0) is 76.9 Å². The highest BCUT2D eigenvalue weighted by atomic mass is 32.2. The third-order valence-corrected chi connectivity index (χ3v) is 8.12. The van der Waals surface area contributed by atoms with Crippen LogP contribution in [0, 0.1) is 13.8 Å². The Bertz CT molecular complexity index is 789. The largest absolute Gasteiger partial charge is 0.497 e. The molecule has 0 aromatic heterocycles. The van der Waals surface area contributed by atoms with Gasteiger partial charge in [-0.1, -0.05) is 0 Å². The number of methoxy groups -OCH3 is 1. The van der Waals surface area contributed by atoms with Crippen LogP contribution in [0.25, 0.3) is 0 Å². The van der Waals surface area contributed by atoms with Crippen LogP contribution in [-0.2, 0) is 25.3 Å². The topological polar surface area (TPSA) is 71.5 Å². The van der Waals surface area contributed by atoms with E-state index in [1.807, 2.05) is 52.0 Å². The number of aryl methyl sites for hydroxylation is 2. The van der Waals surface area contributed by atoms with Gasteiger partial charge < -0.3 is 24.0 Å². The Hall–Kier alpha value is -1.52. The van der Waals surface area contributed by atoms with E-state index in [1.54, 1.807) is 18.5 Å². The van der Waals surface area contributed by atoms with Gasteiger partial charge >= 0.3 is 0 Å². The van der Waals surface area contributed by atoms with E-state index in [0.29, 0.717) is 19.3 Å². The van der Waals surface area contributed by atoms with Gasteiger partial charge in [0.2, 0.25) is 5.91 Å². The second-order valence-corrected chi connectivity index (χ2v) is 10.9. The van der Waals surface area contributed by atoms with Crippen LogP contribution in [0.4, 0.5) is 0 Å². The Morgan fingerprint density at radius 1 is 1.00 bits per heavy atom. The molecule has 0 saturated heterocycles. The van der Waals surface area contributed by atoms with Crippen LogP contribution in [0.1, 0.15) is 36.8 Å². The van der Waals surface area contributed by atoms with Gasteiger partial charge in [0.05, 0.1) is 31.3 Å². The van der Waals surface area contributed by atoms with Gasteiger partial charge in [-0.15, -0.1) is 0 Å². The second kappa shape index (κ2) is 14.1. The molecule has 1 saturated carbocycles. The number of carbonyl (C=O) groups is 1. The minimum atomic E-state index is -1.31. The Labute approximate surface area is 208 Å². The molecule has 0 bridgehead atoms. The summed E-state index contributed by atoms with van der Waals surface area (Å²) in [7, 11) is 8.07. The fourth-order valence-electron chi connectivity index (χ4n) is 4.20. The summed E-state index contributed by atoms with van der Waals surface area (Å²) >= 11 is 0. The summed E-state index contributed by atoms with van der Waals surface area (Å²) in [6, 6.07) is 4.02. The molecule has 9 heteroatoms. The van der Waals surface area contributed by atoms with E-state index in [1.165, 1.54) is 0 Å². The second-order valence-electron chi connectivity index (χ2n) is 9.35. The summed E-state index contributed by atoms with van der Waals surface area (Å²) in [5.41, 5.74) is 1.86. The molecule has 1 fully saturated rings. The van der Waals surface area contributed by atoms with Crippen molar-refractivity contribution in [3.8, 4) is 5.75 Å². The van der Waals surface area contributed by atoms with Crippen LogP contribution in [-0.4, -0.2) is 105 Å². The Morgan fingerprint density at radius 2 is 1.62 bits per heavy atom. The van der Waals surface area contributed by atoms with E-state index in [4.69, 9.17) is 14.2 Å². The predicted octanol–water partition coefficient (Wildman–Crippen LogP) is 2.63. The Morgan fingerprint density at radius 3 is 2.18 bits per heavy atom. The van der Waals surface area contributed by atoms with Gasteiger partial charge in [0.1, 0.15) is 23.3 Å². The van der Waals surface area contributed by atoms with E-state index in [0.717, 1.165) is 60.6 Å². The van der Waals surface area contributed by atoms with Gasteiger partial charge in [0.15, 0.2) is 0 Å². The molecule has 0 heterocycles. The van der Waals surface area contributed by atoms with Crippen molar-refractivity contribution < 1.29 is 23.2 Å². The number of amides is 1. The molecule has 1 aromatic rings. The molecule has 1 aliphatic rings. The smallest absolute Gasteiger partial charge is 0.248 e. The number of benzene rings is 1. The highest BCUT2D eigenvalue weighted by Gasteiger charge is 2.27. The van der Waals surface area contributed by atoms with Crippen LogP contribution in [0.15, 0.2) is 17.0 Å². The molecular formula is C25H43N3O5S. The Balaban J connectivity index is 1.70. The molecule has 0 aliphatic heterocycles. The van der Waals surface area contributed by atoms with Crippen molar-refractivity contribution in [1.82, 2.24) is 14.1 Å². The number of nitrogens with zero attached hydrogens (tertiary/aromatic N) is 3. The Kier molecular flexibility index (Phi) is 11.9. The quantitative estimate of drug-likeness (QED) is 0.390. The molecule has 0 radical (unpaired) electrons. The van der Waals surface area contributed by atoms with Crippen molar-refractivity contribution >= 4 is 16.9 Å². The van der Waals surface area contributed by atoms with E-state index < -0.39 is 11.0 Å². The van der Waals surface area contributed by atoms with Gasteiger partial charge in [0, 0.05) is 33.2 Å². The maximum absolute atomic E-state index is 13.0. The number of likely N-dealkylation sites (N-methyl/N-ethyl adjacent to an activating group) is 3. The lowest BCUT2D eigenvalue weighted by Gasteiger charge is -2.34. The summed E-state index contributed by atoms with van der Waals surface area (Å²) in [5, 5.41) is 0. The standard InChI is InChI=1S/C25H43N3O5S/c1-19-16-23(31-7)17-20(2)25(19)34(30)27(5)13-14-32-18-24(29)28(6)21-8-10-22(11-9-21)33-15-12-26(3)4/h16-17,21-22H,8-15,18H2,1-7H3. The summed E-state index contributed by atoms with van der Waals surface area (Å²) < 4.78 is 31.6. The highest BCUT2D eigenvalue weighted by molar-refractivity contribution is 7.82. The number of carbonyl (C=O) groups excluding carboxylic acids is 1. The molecule has 1 amide bonds. The zero-order valence-electron chi connectivity index (χ0n) is 22.0. The first-order valence-corrected chi connectivity index (χ1v) is 13.1. The summed E-state index contributed by atoms with van der Waals surface area (Å²) in [6.07, 6.45) is 4.17. The molecule has 0 N–H and O–H groups in total. The SMILES string of the molecule is COc1cc(C)c(S(=O)N(C)CCOCC(=O)N(C)C2CCC(OCCN(C)C)CC2)c(C)c1. The highest BCUT2D eigenvalue weighted by Crippen LogP contribution is 2.26. The van der Waals surface area contributed by atoms with Gasteiger partial charge in [0.25, 0.3) is 0 Å². The lowest BCUT2D eigenvalue weighted by molar-refractivity contribution is -0.138. The van der Waals surface area contributed by atoms with Crippen molar-refractivity contribution in [3.05, 3.63) is 23.3 Å². The molecule has 34 heavy (non-hydrogen) atoms. The van der Waals surface area contributed by atoms with Crippen LogP contribution in [0.2, 0.25) is 0 Å². The molecular weight excluding hydrogens is 454 g/mol. The maximum Gasteiger partial charge on any atom is 0.248 e. The third kappa shape index (κ3) is 8.61. The molecule has 0 spiro atoms. The molecule has 2 rings (SSSR count). The van der Waals surface area contributed by atoms with Crippen LogP contribution >= 0.6 is 0 Å². The first-order chi connectivity index (χ1) is 16.1. The minimum absolute atomic E-state index is 0.0115. The molecule has 1 aliphatic carbocycles. The number of hydrogen-bond acceptors (Lipinski definition) is 6. The van der Waals surface area contributed by atoms with E-state index in [2.05, 4.69) is 4.90 Å². The van der Waals surface area contributed by atoms with Crippen LogP contribution in [0.5, 0.6) is 5.75 Å². The fraction of sp³-hybridized carbons (Fsp3) is 0.720. The first-order valence-electron chi connectivity index (χ1n) is 12.0. The molecule has 8 nitrogen and oxygen atoms in total. The lowest BCUT2D eigenvalue weighted by atomic mass is 9.92. The summed E-state index contributed by atoms with van der Waals surface area (Å²) in [5.74, 6) is 0.748. The van der Waals surface area contributed by atoms with Crippen molar-refractivity contribution in [2.24, 2.45) is 0 Å². The molecule has 1 aromatic carbocycles. The summed E-state index contributed by atoms with van der Waals surface area (Å²) in [6.45, 7) is 6.39. The van der Waals surface area contributed by atoms with E-state index >= 15 is 0 Å². The first kappa shape index (κ1) is 28.7. The van der Waals surface area contributed by atoms with Crippen molar-refractivity contribution in [2.75, 3.05) is 68.2 Å². The van der Waals surface area contributed by atoms with Crippen molar-refractivity contribution in [1.29, 1.82) is 0 Å². The van der Waals surface area contributed by atoms with Gasteiger partial charge in [-0.25, -0.2) is 8.51 Å². The molecule has 1 atom stereocenters. The minimum Gasteiger partial charge on any atom is -0.497 e. The van der Waals surface area contributed by atoms with Crippen LogP contribution < -0.4 is 4.74 Å². The van der Waals surface area contributed by atoms with Crippen LogP contribution in [0.3, 0.4) is 0 Å². The monoisotopic (exact) mass is 497 g/mol. The zero-order valence-corrected chi connectivity index (χ0v) is 22.8. The van der Waals surface area contributed by atoms with E-state index in [-0.39, 0.29) is 18.6 Å². The zero-order chi connectivity index (χ0) is 25.3. The number of rotatable bonds is 13. The molecule has 1 unspecified atom stereocenters. The van der Waals surface area contributed by atoms with Crippen molar-refractivity contribution in [2.45, 2.75) is 56.6 Å². The van der Waals surface area contributed by atoms with E-state index in [9.17, 15) is 9.00 Å². The summed E-state index contributed by atoms with van der Waals surface area (Å²) in [4.78, 5) is 17.3. The fourth-order valence-corrected chi connectivity index (χ4v) is 5.42. The normalized spacial score (nSPS) is 19.4. The molecule has 194 valence electrons. The van der Waals surface area contributed by atoms with Gasteiger partial charge in [-0.2, -0.15) is 0 Å². The van der Waals surface area contributed by atoms with Gasteiger partial charge in [-0.3, -0.25) is 4.79 Å². The average molecular weight is 498 g/mol. The third-order valence-electron chi connectivity index (χ3n) is 6.38. The predicted molar refractivity (Wildman–Crippen MR) is 136 cm³/mol. The number of ether oxygens (including phenoxy) is 3. The van der Waals surface area contributed by atoms with Crippen molar-refractivity contribution in [3.63, 3.8) is 0 Å². The maximum atomic E-state index is 13.0. The lowest BCUT2D eigenvalue weighted by Crippen LogP contribution is -2.42. The average Bonchev–Trinajstić information content (AvgIpc) is 2.80. The number of hydrogen-bond donors (Lipinski definition) is 0.